The Morgan fingerprint density at radius 1 is 1.38 bits per heavy atom. The molecule has 0 amide bonds. The first-order valence-corrected chi connectivity index (χ1v) is 6.34. The highest BCUT2D eigenvalue weighted by Crippen LogP contribution is 2.41. The van der Waals surface area contributed by atoms with Crippen molar-refractivity contribution in [1.82, 2.24) is 14.5 Å². The van der Waals surface area contributed by atoms with Crippen molar-refractivity contribution in [3.63, 3.8) is 0 Å². The lowest BCUT2D eigenvalue weighted by atomic mass is 9.89. The Bertz CT molecular complexity index is 677. The van der Waals surface area contributed by atoms with Gasteiger partial charge in [0.1, 0.15) is 23.9 Å². The molecule has 2 aromatic rings. The second-order valence-electron chi connectivity index (χ2n) is 5.08. The molecule has 3 rings (SSSR count). The van der Waals surface area contributed by atoms with Gasteiger partial charge in [0, 0.05) is 6.20 Å². The molecule has 0 saturated carbocycles. The second kappa shape index (κ2) is 4.61. The maximum absolute atomic E-state index is 11.0. The summed E-state index contributed by atoms with van der Waals surface area (Å²) in [6, 6.07) is 1.58. The fourth-order valence-corrected chi connectivity index (χ4v) is 2.73. The lowest BCUT2D eigenvalue weighted by Crippen LogP contribution is -2.60. The number of anilines is 1. The summed E-state index contributed by atoms with van der Waals surface area (Å²) in [5, 5.41) is 40.8. The summed E-state index contributed by atoms with van der Waals surface area (Å²) in [7, 11) is 0. The summed E-state index contributed by atoms with van der Waals surface area (Å²) in [5.74, 6) is 0.217. The van der Waals surface area contributed by atoms with Gasteiger partial charge in [-0.1, -0.05) is 0 Å². The van der Waals surface area contributed by atoms with E-state index in [-0.39, 0.29) is 18.1 Å². The van der Waals surface area contributed by atoms with Gasteiger partial charge in [-0.25, -0.2) is 9.97 Å². The van der Waals surface area contributed by atoms with Gasteiger partial charge in [0.25, 0.3) is 0 Å². The van der Waals surface area contributed by atoms with Crippen molar-refractivity contribution in [1.29, 1.82) is 0 Å². The fourth-order valence-electron chi connectivity index (χ4n) is 2.73. The van der Waals surface area contributed by atoms with E-state index >= 15 is 0 Å². The zero-order chi connectivity index (χ0) is 15.3. The summed E-state index contributed by atoms with van der Waals surface area (Å²) in [5.41, 5.74) is 1.94. The van der Waals surface area contributed by atoms with Crippen LogP contribution < -0.4 is 5.73 Å². The monoisotopic (exact) mass is 296 g/mol. The maximum atomic E-state index is 11.0. The largest absolute Gasteiger partial charge is 0.393 e. The number of aliphatic hydroxyl groups excluding tert-OH is 2. The van der Waals surface area contributed by atoms with E-state index in [1.165, 1.54) is 17.1 Å². The molecule has 9 nitrogen and oxygen atoms in total. The second-order valence-corrected chi connectivity index (χ2v) is 5.08. The molecular weight excluding hydrogens is 280 g/mol. The van der Waals surface area contributed by atoms with Crippen molar-refractivity contribution in [3.8, 4) is 0 Å². The molecule has 9 heteroatoms. The molecule has 114 valence electrons. The normalized spacial score (nSPS) is 32.9. The first-order valence-electron chi connectivity index (χ1n) is 6.34. The van der Waals surface area contributed by atoms with Gasteiger partial charge in [0.15, 0.2) is 5.60 Å². The third-order valence-corrected chi connectivity index (χ3v) is 3.96. The molecule has 3 heterocycles. The van der Waals surface area contributed by atoms with Crippen molar-refractivity contribution >= 4 is 16.9 Å². The van der Waals surface area contributed by atoms with Gasteiger partial charge < -0.3 is 30.9 Å². The Labute approximate surface area is 119 Å². The van der Waals surface area contributed by atoms with Crippen LogP contribution in [0.2, 0.25) is 0 Å². The van der Waals surface area contributed by atoms with Crippen LogP contribution in [-0.4, -0.2) is 66.5 Å². The van der Waals surface area contributed by atoms with Crippen LogP contribution >= 0.6 is 0 Å². The van der Waals surface area contributed by atoms with E-state index in [0.717, 1.165) is 0 Å². The van der Waals surface area contributed by atoms with E-state index in [9.17, 15) is 20.4 Å². The van der Waals surface area contributed by atoms with Gasteiger partial charge in [0.2, 0.25) is 5.72 Å². The van der Waals surface area contributed by atoms with Crippen molar-refractivity contribution in [2.75, 3.05) is 25.6 Å². The molecule has 1 aliphatic heterocycles. The van der Waals surface area contributed by atoms with Gasteiger partial charge in [-0.15, -0.1) is 0 Å². The molecule has 3 atom stereocenters. The van der Waals surface area contributed by atoms with Crippen LogP contribution in [0.1, 0.15) is 0 Å². The number of hydrogen-bond donors (Lipinski definition) is 5. The highest BCUT2D eigenvalue weighted by Gasteiger charge is 2.62. The Balaban J connectivity index is 2.25. The zero-order valence-corrected chi connectivity index (χ0v) is 11.0. The molecule has 21 heavy (non-hydrogen) atoms. The first-order chi connectivity index (χ1) is 9.98. The van der Waals surface area contributed by atoms with Crippen LogP contribution in [-0.2, 0) is 10.5 Å². The molecule has 0 spiro atoms. The molecule has 0 bridgehead atoms. The van der Waals surface area contributed by atoms with E-state index in [1.54, 1.807) is 6.07 Å². The van der Waals surface area contributed by atoms with E-state index in [1.807, 2.05) is 0 Å². The number of rotatable bonds is 3. The predicted octanol–water partition coefficient (Wildman–Crippen LogP) is -2.23. The number of nitrogens with two attached hydrogens (primary N) is 1. The van der Waals surface area contributed by atoms with E-state index in [4.69, 9.17) is 10.5 Å². The minimum absolute atomic E-state index is 0.217. The van der Waals surface area contributed by atoms with Crippen LogP contribution in [0.5, 0.6) is 0 Å². The summed E-state index contributed by atoms with van der Waals surface area (Å²) in [6.45, 7) is -1.62. The third kappa shape index (κ3) is 1.69. The number of fused-ring (bicyclic) bond motifs is 1. The summed E-state index contributed by atoms with van der Waals surface area (Å²) in [4.78, 5) is 7.89. The molecule has 2 aromatic heterocycles. The molecule has 0 radical (unpaired) electrons. The number of ether oxygens (including phenoxy) is 1. The number of aromatic nitrogens is 3. The number of nitrogen functional groups attached to an aromatic ring is 1. The van der Waals surface area contributed by atoms with Crippen molar-refractivity contribution in [3.05, 3.63) is 18.6 Å². The molecule has 1 fully saturated rings. The maximum Gasteiger partial charge on any atom is 0.206 e. The molecule has 6 N–H and O–H groups in total. The van der Waals surface area contributed by atoms with Gasteiger partial charge in [0.05, 0.1) is 25.2 Å². The SMILES string of the molecule is Nc1ncnc2c1ccn2[C@@]1(O)[C@@H](CO)OC[C@@]1(O)CO. The van der Waals surface area contributed by atoms with Gasteiger partial charge in [-0.2, -0.15) is 0 Å². The number of aliphatic hydroxyl groups is 4. The minimum Gasteiger partial charge on any atom is -0.393 e. The molecular formula is C12H16N4O5. The van der Waals surface area contributed by atoms with Crippen molar-refractivity contribution in [2.24, 2.45) is 0 Å². The van der Waals surface area contributed by atoms with Crippen LogP contribution in [0, 0.1) is 0 Å². The summed E-state index contributed by atoms with van der Waals surface area (Å²) in [6.07, 6.45) is 1.55. The molecule has 1 saturated heterocycles. The van der Waals surface area contributed by atoms with E-state index < -0.39 is 30.6 Å². The van der Waals surface area contributed by atoms with Crippen LogP contribution in [0.25, 0.3) is 11.0 Å². The molecule has 0 aliphatic carbocycles. The first kappa shape index (κ1) is 14.2. The highest BCUT2D eigenvalue weighted by molar-refractivity contribution is 5.86. The summed E-state index contributed by atoms with van der Waals surface area (Å²) < 4.78 is 6.46. The Morgan fingerprint density at radius 3 is 2.81 bits per heavy atom. The minimum atomic E-state index is -2.08. The van der Waals surface area contributed by atoms with Crippen molar-refractivity contribution < 1.29 is 25.2 Å². The lowest BCUT2D eigenvalue weighted by molar-refractivity contribution is -0.206. The van der Waals surface area contributed by atoms with Gasteiger partial charge >= 0.3 is 0 Å². The average Bonchev–Trinajstić information content (AvgIpc) is 3.02. The Kier molecular flexibility index (Phi) is 3.11. The fraction of sp³-hybridized carbons (Fsp3) is 0.500. The van der Waals surface area contributed by atoms with E-state index in [0.29, 0.717) is 5.39 Å². The molecule has 1 aliphatic rings. The summed E-state index contributed by atoms with van der Waals surface area (Å²) >= 11 is 0. The van der Waals surface area contributed by atoms with E-state index in [2.05, 4.69) is 9.97 Å². The number of nitrogens with zero attached hydrogens (tertiary/aromatic N) is 3. The van der Waals surface area contributed by atoms with Gasteiger partial charge in [-0.3, -0.25) is 4.57 Å². The lowest BCUT2D eigenvalue weighted by Gasteiger charge is -2.38. The predicted molar refractivity (Wildman–Crippen MR) is 71.0 cm³/mol. The average molecular weight is 296 g/mol. The standard InChI is InChI=1S/C12H16N4O5/c13-9-7-1-2-16(10(7)15-6-14-9)12(20)8(3-17)21-5-11(12,19)4-18/h1-2,6,8,17-20H,3-5H2,(H2,13,14,15)/t8-,11+,12-/m1/s1. The topological polar surface area (TPSA) is 147 Å². The Morgan fingerprint density at radius 2 is 2.14 bits per heavy atom. The Hall–Kier alpha value is -1.78. The quantitative estimate of drug-likeness (QED) is 0.427. The highest BCUT2D eigenvalue weighted by atomic mass is 16.6. The zero-order valence-electron chi connectivity index (χ0n) is 11.0. The van der Waals surface area contributed by atoms with Gasteiger partial charge in [-0.05, 0) is 6.07 Å². The van der Waals surface area contributed by atoms with Crippen molar-refractivity contribution in [2.45, 2.75) is 17.4 Å². The van der Waals surface area contributed by atoms with Crippen LogP contribution in [0.3, 0.4) is 0 Å². The smallest absolute Gasteiger partial charge is 0.206 e. The number of hydrogen-bond acceptors (Lipinski definition) is 8. The van der Waals surface area contributed by atoms with Crippen LogP contribution in [0.15, 0.2) is 18.6 Å². The molecule has 0 unspecified atom stereocenters. The third-order valence-electron chi connectivity index (χ3n) is 3.96. The van der Waals surface area contributed by atoms with Crippen LogP contribution in [0.4, 0.5) is 5.82 Å². The molecule has 0 aromatic carbocycles.